The maximum atomic E-state index is 14.1. The summed E-state index contributed by atoms with van der Waals surface area (Å²) in [6.45, 7) is 7.20. The number of aliphatic hydroxyl groups excluding tert-OH is 2. The third-order valence-electron chi connectivity index (χ3n) is 8.55. The first-order valence-electron chi connectivity index (χ1n) is 16.3. The Bertz CT molecular complexity index is 1250. The lowest BCUT2D eigenvalue weighted by Gasteiger charge is -2.42. The molecule has 3 rings (SSSR count). The van der Waals surface area contributed by atoms with Crippen molar-refractivity contribution in [2.75, 3.05) is 66.8 Å². The maximum absolute atomic E-state index is 14.1. The summed E-state index contributed by atoms with van der Waals surface area (Å²) in [6.07, 6.45) is -2.09. The number of aliphatic hydroxyl groups is 2. The van der Waals surface area contributed by atoms with Gasteiger partial charge in [-0.15, -0.1) is 0 Å². The minimum atomic E-state index is -1.27. The van der Waals surface area contributed by atoms with Crippen molar-refractivity contribution in [2.45, 2.75) is 58.0 Å². The van der Waals surface area contributed by atoms with Crippen LogP contribution in [0.1, 0.15) is 45.2 Å². The summed E-state index contributed by atoms with van der Waals surface area (Å²) in [5, 5.41) is 24.7. The van der Waals surface area contributed by atoms with Crippen molar-refractivity contribution in [2.24, 2.45) is 11.8 Å². The number of carbonyl (C=O) groups excluding carboxylic acids is 2. The SMILES string of the molecule is COc1cccc([C@@H]2[C@@H](C(C)C)CN(C(C)=O)C[C@H](OC)[C@@H](O)[C@@H](O)COCCCCN2C(=O)CNCCOc2cccc(F)c2)c1. The van der Waals surface area contributed by atoms with E-state index >= 15 is 0 Å². The normalized spacial score (nSPS) is 23.6. The second kappa shape index (κ2) is 19.5. The van der Waals surface area contributed by atoms with Crippen LogP contribution < -0.4 is 14.8 Å². The molecule has 1 fully saturated rings. The Labute approximate surface area is 277 Å². The third-order valence-corrected chi connectivity index (χ3v) is 8.55. The Morgan fingerprint density at radius 2 is 1.81 bits per heavy atom. The molecule has 11 nitrogen and oxygen atoms in total. The molecule has 262 valence electrons. The number of halogens is 1. The molecular weight excluding hydrogens is 609 g/mol. The summed E-state index contributed by atoms with van der Waals surface area (Å²) in [7, 11) is 3.03. The quantitative estimate of drug-likeness (QED) is 0.329. The van der Waals surface area contributed by atoms with E-state index in [0.717, 1.165) is 5.56 Å². The second-order valence-corrected chi connectivity index (χ2v) is 12.2. The van der Waals surface area contributed by atoms with Gasteiger partial charge in [-0.05, 0) is 48.6 Å². The van der Waals surface area contributed by atoms with E-state index in [4.69, 9.17) is 18.9 Å². The maximum Gasteiger partial charge on any atom is 0.237 e. The fourth-order valence-electron chi connectivity index (χ4n) is 5.83. The van der Waals surface area contributed by atoms with Crippen LogP contribution in [0.15, 0.2) is 48.5 Å². The number of rotatable bonds is 10. The van der Waals surface area contributed by atoms with E-state index in [0.29, 0.717) is 44.0 Å². The van der Waals surface area contributed by atoms with Gasteiger partial charge in [-0.1, -0.05) is 32.0 Å². The monoisotopic (exact) mass is 661 g/mol. The van der Waals surface area contributed by atoms with E-state index in [1.165, 1.54) is 26.2 Å². The largest absolute Gasteiger partial charge is 0.497 e. The first-order valence-corrected chi connectivity index (χ1v) is 16.3. The van der Waals surface area contributed by atoms with Crippen molar-refractivity contribution in [3.05, 3.63) is 59.9 Å². The van der Waals surface area contributed by atoms with Crippen LogP contribution in [0, 0.1) is 17.7 Å². The zero-order valence-electron chi connectivity index (χ0n) is 28.3. The number of carbonyl (C=O) groups is 2. The molecule has 1 saturated heterocycles. The van der Waals surface area contributed by atoms with Gasteiger partial charge in [0.15, 0.2) is 0 Å². The Balaban J connectivity index is 1.94. The smallest absolute Gasteiger partial charge is 0.237 e. The van der Waals surface area contributed by atoms with Gasteiger partial charge in [-0.2, -0.15) is 0 Å². The Morgan fingerprint density at radius 3 is 2.49 bits per heavy atom. The Morgan fingerprint density at radius 1 is 1.06 bits per heavy atom. The standard InChI is InChI=1S/C35H52FN3O8/c1-24(2)30-21-38(25(3)40)22-32(45-5)35(43)31(41)23-46-16-7-6-15-39(34(30)26-10-8-12-28(18-26)44-4)33(42)20-37-14-17-47-29-13-9-11-27(36)19-29/h8-13,18-19,24,30-32,34-35,37,41,43H,6-7,14-17,20-23H2,1-5H3/t30-,31+,32+,34-,35+/m1/s1. The molecule has 0 saturated carbocycles. The van der Waals surface area contributed by atoms with Crippen LogP contribution in [-0.2, 0) is 19.1 Å². The highest BCUT2D eigenvalue weighted by Gasteiger charge is 2.37. The molecule has 2 aromatic carbocycles. The van der Waals surface area contributed by atoms with Gasteiger partial charge >= 0.3 is 0 Å². The summed E-state index contributed by atoms with van der Waals surface area (Å²) in [6, 6.07) is 13.1. The Hall–Kier alpha value is -3.29. The molecule has 47 heavy (non-hydrogen) atoms. The zero-order valence-corrected chi connectivity index (χ0v) is 28.3. The number of ether oxygens (including phenoxy) is 4. The van der Waals surface area contributed by atoms with Crippen LogP contribution in [0.3, 0.4) is 0 Å². The fourth-order valence-corrected chi connectivity index (χ4v) is 5.83. The number of amides is 2. The molecule has 0 bridgehead atoms. The molecule has 5 atom stereocenters. The van der Waals surface area contributed by atoms with Gasteiger partial charge in [0.2, 0.25) is 11.8 Å². The molecule has 2 amide bonds. The lowest BCUT2D eigenvalue weighted by molar-refractivity contribution is -0.139. The summed E-state index contributed by atoms with van der Waals surface area (Å²) in [5.74, 6) is 0.115. The van der Waals surface area contributed by atoms with Gasteiger partial charge < -0.3 is 44.3 Å². The van der Waals surface area contributed by atoms with Gasteiger partial charge in [0, 0.05) is 58.8 Å². The van der Waals surface area contributed by atoms with Gasteiger partial charge in [0.1, 0.15) is 42.2 Å². The molecule has 1 heterocycles. The van der Waals surface area contributed by atoms with E-state index in [1.807, 2.05) is 29.2 Å². The highest BCUT2D eigenvalue weighted by molar-refractivity contribution is 5.79. The minimum Gasteiger partial charge on any atom is -0.497 e. The molecule has 1 aliphatic rings. The molecule has 0 aliphatic carbocycles. The highest BCUT2D eigenvalue weighted by atomic mass is 19.1. The van der Waals surface area contributed by atoms with Gasteiger partial charge in [-0.3, -0.25) is 9.59 Å². The first kappa shape index (κ1) is 38.2. The third kappa shape index (κ3) is 11.7. The van der Waals surface area contributed by atoms with Crippen LogP contribution >= 0.6 is 0 Å². The zero-order chi connectivity index (χ0) is 34.3. The lowest BCUT2D eigenvalue weighted by atomic mass is 9.82. The predicted molar refractivity (Wildman–Crippen MR) is 176 cm³/mol. The van der Waals surface area contributed by atoms with Crippen LogP contribution in [0.4, 0.5) is 4.39 Å². The van der Waals surface area contributed by atoms with Gasteiger partial charge in [-0.25, -0.2) is 4.39 Å². The van der Waals surface area contributed by atoms with Crippen molar-refractivity contribution in [3.63, 3.8) is 0 Å². The summed E-state index contributed by atoms with van der Waals surface area (Å²) >= 11 is 0. The molecular formula is C35H52FN3O8. The molecule has 0 spiro atoms. The number of hydrogen-bond donors (Lipinski definition) is 3. The number of hydrogen-bond acceptors (Lipinski definition) is 9. The summed E-state index contributed by atoms with van der Waals surface area (Å²) in [5.41, 5.74) is 0.869. The fraction of sp³-hybridized carbons (Fsp3) is 0.600. The average Bonchev–Trinajstić information content (AvgIpc) is 3.05. The lowest BCUT2D eigenvalue weighted by Crippen LogP contribution is -2.51. The van der Waals surface area contributed by atoms with Gasteiger partial charge in [0.25, 0.3) is 0 Å². The number of nitrogens with zero attached hydrogens (tertiary/aromatic N) is 2. The predicted octanol–water partition coefficient (Wildman–Crippen LogP) is 3.04. The summed E-state index contributed by atoms with van der Waals surface area (Å²) < 4.78 is 35.9. The molecule has 0 radical (unpaired) electrons. The van der Waals surface area contributed by atoms with Crippen molar-refractivity contribution in [1.29, 1.82) is 0 Å². The highest BCUT2D eigenvalue weighted by Crippen LogP contribution is 2.36. The molecule has 0 aromatic heterocycles. The second-order valence-electron chi connectivity index (χ2n) is 12.2. The van der Waals surface area contributed by atoms with E-state index < -0.39 is 24.4 Å². The molecule has 12 heteroatoms. The number of methoxy groups -OCH3 is 2. The summed E-state index contributed by atoms with van der Waals surface area (Å²) in [4.78, 5) is 30.7. The minimum absolute atomic E-state index is 0.0199. The van der Waals surface area contributed by atoms with Crippen molar-refractivity contribution in [1.82, 2.24) is 15.1 Å². The number of benzene rings is 2. The van der Waals surface area contributed by atoms with Crippen molar-refractivity contribution in [3.8, 4) is 11.5 Å². The Kier molecular flexibility index (Phi) is 15.8. The number of nitrogens with one attached hydrogen (secondary N) is 1. The van der Waals surface area contributed by atoms with Crippen molar-refractivity contribution < 1.29 is 43.1 Å². The van der Waals surface area contributed by atoms with E-state index in [-0.39, 0.29) is 62.3 Å². The topological polar surface area (TPSA) is 130 Å². The molecule has 3 N–H and O–H groups in total. The average molecular weight is 662 g/mol. The van der Waals surface area contributed by atoms with Crippen LogP contribution in [0.25, 0.3) is 0 Å². The van der Waals surface area contributed by atoms with E-state index in [2.05, 4.69) is 19.2 Å². The van der Waals surface area contributed by atoms with E-state index in [1.54, 1.807) is 24.1 Å². The molecule has 1 aliphatic heterocycles. The van der Waals surface area contributed by atoms with Gasteiger partial charge in [0.05, 0.1) is 26.3 Å². The van der Waals surface area contributed by atoms with E-state index in [9.17, 15) is 24.2 Å². The first-order chi connectivity index (χ1) is 22.5. The van der Waals surface area contributed by atoms with Crippen molar-refractivity contribution >= 4 is 11.8 Å². The van der Waals surface area contributed by atoms with Crippen LogP contribution in [-0.4, -0.2) is 117 Å². The molecule has 0 unspecified atom stereocenters. The van der Waals surface area contributed by atoms with Crippen LogP contribution in [0.2, 0.25) is 0 Å². The molecule has 2 aromatic rings. The van der Waals surface area contributed by atoms with Crippen LogP contribution in [0.5, 0.6) is 11.5 Å².